The topological polar surface area (TPSA) is 58.2 Å². The lowest BCUT2D eigenvalue weighted by atomic mass is 10.1. The maximum absolute atomic E-state index is 12.5. The summed E-state index contributed by atoms with van der Waals surface area (Å²) in [6, 6.07) is 6.92. The van der Waals surface area contributed by atoms with Gasteiger partial charge < -0.3 is 10.6 Å². The number of rotatable bonds is 5. The van der Waals surface area contributed by atoms with Crippen LogP contribution in [-0.4, -0.2) is 12.3 Å². The van der Waals surface area contributed by atoms with Crippen molar-refractivity contribution >= 4 is 45.9 Å². The van der Waals surface area contributed by atoms with Crippen LogP contribution in [-0.2, 0) is 11.2 Å². The van der Waals surface area contributed by atoms with E-state index in [1.165, 1.54) is 11.3 Å². The Kier molecular flexibility index (Phi) is 4.98. The van der Waals surface area contributed by atoms with Crippen LogP contribution in [0.3, 0.4) is 0 Å². The van der Waals surface area contributed by atoms with E-state index in [9.17, 15) is 9.59 Å². The van der Waals surface area contributed by atoms with Gasteiger partial charge in [0.25, 0.3) is 5.91 Å². The summed E-state index contributed by atoms with van der Waals surface area (Å²) in [5.74, 6) is -0.267. The number of halogens is 1. The van der Waals surface area contributed by atoms with Gasteiger partial charge in [0.15, 0.2) is 0 Å². The molecule has 21 heavy (non-hydrogen) atoms. The van der Waals surface area contributed by atoms with Gasteiger partial charge in [0.05, 0.1) is 5.56 Å². The molecular formula is C15H14ClN2O2S. The second-order valence-electron chi connectivity index (χ2n) is 4.39. The Balaban J connectivity index is 2.35. The van der Waals surface area contributed by atoms with E-state index in [4.69, 9.17) is 11.6 Å². The molecule has 4 nitrogen and oxygen atoms in total. The van der Waals surface area contributed by atoms with Gasteiger partial charge in [-0.3, -0.25) is 9.59 Å². The first-order chi connectivity index (χ1) is 10.1. The molecule has 0 aliphatic rings. The van der Waals surface area contributed by atoms with Crippen LogP contribution in [0.25, 0.3) is 0 Å². The minimum absolute atomic E-state index is 0.267. The Bertz CT molecular complexity index is 682. The van der Waals surface area contributed by atoms with Gasteiger partial charge in [-0.15, -0.1) is 11.3 Å². The third-order valence-electron chi connectivity index (χ3n) is 3.04. The first-order valence-electron chi connectivity index (χ1n) is 6.39. The normalized spacial score (nSPS) is 10.2. The Labute approximate surface area is 132 Å². The number of benzene rings is 1. The molecule has 1 aromatic heterocycles. The van der Waals surface area contributed by atoms with Crippen LogP contribution < -0.4 is 10.6 Å². The molecule has 0 aliphatic heterocycles. The number of nitrogens with one attached hydrogen (secondary N) is 2. The van der Waals surface area contributed by atoms with Gasteiger partial charge in [-0.05, 0) is 37.1 Å². The third kappa shape index (κ3) is 3.43. The number of carbonyl (C=O) groups excluding carboxylic acids is 2. The van der Waals surface area contributed by atoms with Crippen molar-refractivity contribution in [3.05, 3.63) is 45.3 Å². The highest BCUT2D eigenvalue weighted by atomic mass is 35.5. The van der Waals surface area contributed by atoms with Crippen molar-refractivity contribution < 1.29 is 9.59 Å². The summed E-state index contributed by atoms with van der Waals surface area (Å²) >= 11 is 7.28. The van der Waals surface area contributed by atoms with Crippen LogP contribution in [0.15, 0.2) is 24.3 Å². The lowest BCUT2D eigenvalue weighted by Gasteiger charge is -2.08. The van der Waals surface area contributed by atoms with Crippen molar-refractivity contribution in [1.29, 1.82) is 0 Å². The zero-order valence-electron chi connectivity index (χ0n) is 11.6. The number of hydrogen-bond donors (Lipinski definition) is 2. The molecule has 1 heterocycles. The largest absolute Gasteiger partial charge is 0.322 e. The minimum Gasteiger partial charge on any atom is -0.322 e. The van der Waals surface area contributed by atoms with Crippen molar-refractivity contribution in [3.8, 4) is 0 Å². The summed E-state index contributed by atoms with van der Waals surface area (Å²) < 4.78 is 0. The number of aryl methyl sites for hydroxylation is 1. The van der Waals surface area contributed by atoms with Gasteiger partial charge in [-0.25, -0.2) is 0 Å². The minimum atomic E-state index is -0.267. The molecule has 0 bridgehead atoms. The second kappa shape index (κ2) is 6.74. The highest BCUT2D eigenvalue weighted by Gasteiger charge is 2.21. The zero-order valence-corrected chi connectivity index (χ0v) is 13.2. The van der Waals surface area contributed by atoms with E-state index in [1.807, 2.05) is 13.8 Å². The van der Waals surface area contributed by atoms with Crippen molar-refractivity contribution in [1.82, 2.24) is 0 Å². The Morgan fingerprint density at radius 3 is 2.81 bits per heavy atom. The molecule has 0 fully saturated rings. The van der Waals surface area contributed by atoms with Gasteiger partial charge in [-0.1, -0.05) is 24.6 Å². The molecule has 6 heteroatoms. The molecule has 1 aromatic carbocycles. The van der Waals surface area contributed by atoms with Crippen LogP contribution in [0.1, 0.15) is 27.7 Å². The lowest BCUT2D eigenvalue weighted by molar-refractivity contribution is 0.102. The maximum Gasteiger partial charge on any atom is 0.314 e. The fraction of sp³-hybridized carbons (Fsp3) is 0.200. The number of carbonyl (C=O) groups is 1. The van der Waals surface area contributed by atoms with E-state index >= 15 is 0 Å². The van der Waals surface area contributed by atoms with Crippen LogP contribution in [0, 0.1) is 6.92 Å². The van der Waals surface area contributed by atoms with Gasteiger partial charge in [0.2, 0.25) is 0 Å². The van der Waals surface area contributed by atoms with E-state index in [0.29, 0.717) is 27.7 Å². The van der Waals surface area contributed by atoms with Gasteiger partial charge >= 0.3 is 6.41 Å². The molecule has 0 atom stereocenters. The molecule has 0 saturated heterocycles. The summed E-state index contributed by atoms with van der Waals surface area (Å²) in [6.45, 7) is 3.90. The molecule has 0 saturated carbocycles. The molecule has 2 N–H and O–H groups in total. The summed E-state index contributed by atoms with van der Waals surface area (Å²) in [4.78, 5) is 24.1. The van der Waals surface area contributed by atoms with E-state index in [2.05, 4.69) is 10.6 Å². The standard InChI is InChI=1S/C15H14ClN2O2S/c1-3-12-9(2)21-15(17-8-19)13(12)14(20)18-11-6-4-5-10(16)7-11/h4-7H,3H2,1-2H3,(H,17,19)(H,18,20). The second-order valence-corrected chi connectivity index (χ2v) is 6.05. The number of hydrogen-bond acceptors (Lipinski definition) is 3. The van der Waals surface area contributed by atoms with E-state index < -0.39 is 0 Å². The molecule has 0 aliphatic carbocycles. The Morgan fingerprint density at radius 1 is 1.43 bits per heavy atom. The Hall–Kier alpha value is -1.85. The summed E-state index contributed by atoms with van der Waals surface area (Å²) in [5, 5.41) is 6.33. The molecular weight excluding hydrogens is 308 g/mol. The molecule has 2 aromatic rings. The average Bonchev–Trinajstić information content (AvgIpc) is 2.75. The summed E-state index contributed by atoms with van der Waals surface area (Å²) in [7, 11) is 0. The molecule has 109 valence electrons. The Morgan fingerprint density at radius 2 is 2.19 bits per heavy atom. The molecule has 1 radical (unpaired) electrons. The highest BCUT2D eigenvalue weighted by molar-refractivity contribution is 7.16. The first-order valence-corrected chi connectivity index (χ1v) is 7.58. The predicted octanol–water partition coefficient (Wildman–Crippen LogP) is 4.00. The predicted molar refractivity (Wildman–Crippen MR) is 87.2 cm³/mol. The summed E-state index contributed by atoms with van der Waals surface area (Å²) in [6.07, 6.45) is 2.34. The fourth-order valence-corrected chi connectivity index (χ4v) is 3.42. The first kappa shape index (κ1) is 15.5. The van der Waals surface area contributed by atoms with E-state index in [-0.39, 0.29) is 5.91 Å². The number of amides is 2. The third-order valence-corrected chi connectivity index (χ3v) is 4.33. The van der Waals surface area contributed by atoms with Crippen molar-refractivity contribution in [2.45, 2.75) is 20.3 Å². The van der Waals surface area contributed by atoms with Crippen molar-refractivity contribution in [2.75, 3.05) is 10.6 Å². The highest BCUT2D eigenvalue weighted by Crippen LogP contribution is 2.33. The zero-order chi connectivity index (χ0) is 15.4. The van der Waals surface area contributed by atoms with Crippen molar-refractivity contribution in [3.63, 3.8) is 0 Å². The van der Waals surface area contributed by atoms with Gasteiger partial charge in [0, 0.05) is 15.6 Å². The molecule has 0 unspecified atom stereocenters. The molecule has 2 rings (SSSR count). The van der Waals surface area contributed by atoms with Gasteiger partial charge in [0.1, 0.15) is 5.00 Å². The average molecular weight is 322 g/mol. The molecule has 2 amide bonds. The van der Waals surface area contributed by atoms with Crippen LogP contribution in [0.4, 0.5) is 10.7 Å². The number of anilines is 2. The van der Waals surface area contributed by atoms with Crippen LogP contribution >= 0.6 is 22.9 Å². The quantitative estimate of drug-likeness (QED) is 0.818. The SMILES string of the molecule is CCc1c(C)sc(N[C]=O)c1C(=O)Nc1cccc(Cl)c1. The van der Waals surface area contributed by atoms with E-state index in [1.54, 1.807) is 30.7 Å². The maximum atomic E-state index is 12.5. The molecule has 0 spiro atoms. The smallest absolute Gasteiger partial charge is 0.314 e. The lowest BCUT2D eigenvalue weighted by Crippen LogP contribution is -2.15. The van der Waals surface area contributed by atoms with Crippen molar-refractivity contribution in [2.24, 2.45) is 0 Å². The van der Waals surface area contributed by atoms with Gasteiger partial charge in [-0.2, -0.15) is 0 Å². The van der Waals surface area contributed by atoms with E-state index in [0.717, 1.165) is 10.4 Å². The monoisotopic (exact) mass is 321 g/mol. The fourth-order valence-electron chi connectivity index (χ4n) is 2.14. The number of thiophene rings is 1. The van der Waals surface area contributed by atoms with Crippen LogP contribution in [0.2, 0.25) is 5.02 Å². The van der Waals surface area contributed by atoms with Crippen LogP contribution in [0.5, 0.6) is 0 Å². The summed E-state index contributed by atoms with van der Waals surface area (Å²) in [5.41, 5.74) is 2.03.